The van der Waals surface area contributed by atoms with E-state index in [1.54, 1.807) is 0 Å². The number of aromatic amines is 1. The summed E-state index contributed by atoms with van der Waals surface area (Å²) in [6, 6.07) is 29.7. The van der Waals surface area contributed by atoms with Crippen molar-refractivity contribution in [3.8, 4) is 22.6 Å². The highest BCUT2D eigenvalue weighted by Gasteiger charge is 2.07. The first-order valence-electron chi connectivity index (χ1n) is 8.41. The molecule has 0 aliphatic rings. The molecule has 5 aromatic rings. The van der Waals surface area contributed by atoms with Crippen LogP contribution in [0.15, 0.2) is 91.1 Å². The molecule has 4 aromatic carbocycles. The monoisotopic (exact) mass is 320 g/mol. The molecule has 0 bridgehead atoms. The third-order valence-electron chi connectivity index (χ3n) is 4.68. The number of fused-ring (bicyclic) bond motifs is 3. The van der Waals surface area contributed by atoms with E-state index in [4.69, 9.17) is 0 Å². The quantitative estimate of drug-likeness (QED) is 0.394. The Morgan fingerprint density at radius 2 is 1.36 bits per heavy atom. The normalized spacial score (nSPS) is 11.2. The molecule has 0 aliphatic heterocycles. The standard InChI is InChI=1S/C23H16N2/c1-2-7-17(8-3-1)22-15-24-23(25-22)19-12-13-21-18(14-19)11-10-16-6-4-5-9-20(16)21/h1-15H,(H,24,25). The molecule has 1 heterocycles. The fourth-order valence-electron chi connectivity index (χ4n) is 3.39. The number of aromatic nitrogens is 2. The van der Waals surface area contributed by atoms with Crippen molar-refractivity contribution in [3.63, 3.8) is 0 Å². The Bertz CT molecular complexity index is 1190. The van der Waals surface area contributed by atoms with Crippen molar-refractivity contribution >= 4 is 21.5 Å². The maximum absolute atomic E-state index is 4.58. The lowest BCUT2D eigenvalue weighted by molar-refractivity contribution is 1.31. The van der Waals surface area contributed by atoms with Crippen LogP contribution in [0.25, 0.3) is 44.2 Å². The molecule has 5 rings (SSSR count). The number of nitrogens with one attached hydrogen (secondary N) is 1. The number of hydrogen-bond donors (Lipinski definition) is 1. The second-order valence-corrected chi connectivity index (χ2v) is 6.23. The predicted molar refractivity (Wildman–Crippen MR) is 104 cm³/mol. The van der Waals surface area contributed by atoms with Crippen molar-refractivity contribution in [2.45, 2.75) is 0 Å². The van der Waals surface area contributed by atoms with Gasteiger partial charge in [-0.05, 0) is 33.2 Å². The smallest absolute Gasteiger partial charge is 0.137 e. The number of benzene rings is 4. The van der Waals surface area contributed by atoms with Gasteiger partial charge in [0.1, 0.15) is 5.82 Å². The zero-order chi connectivity index (χ0) is 16.6. The van der Waals surface area contributed by atoms with Crippen LogP contribution in [-0.2, 0) is 0 Å². The van der Waals surface area contributed by atoms with E-state index in [-0.39, 0.29) is 0 Å². The molecular weight excluding hydrogens is 304 g/mol. The van der Waals surface area contributed by atoms with E-state index < -0.39 is 0 Å². The van der Waals surface area contributed by atoms with Crippen LogP contribution in [0.2, 0.25) is 0 Å². The average Bonchev–Trinajstić information content (AvgIpc) is 3.18. The third-order valence-corrected chi connectivity index (χ3v) is 4.68. The Hall–Kier alpha value is -3.39. The van der Waals surface area contributed by atoms with Crippen LogP contribution < -0.4 is 0 Å². The fraction of sp³-hybridized carbons (Fsp3) is 0. The van der Waals surface area contributed by atoms with Crippen molar-refractivity contribution in [3.05, 3.63) is 91.1 Å². The summed E-state index contributed by atoms with van der Waals surface area (Å²) >= 11 is 0. The molecule has 0 atom stereocenters. The van der Waals surface area contributed by atoms with Gasteiger partial charge in [0.2, 0.25) is 0 Å². The first-order valence-corrected chi connectivity index (χ1v) is 8.41. The summed E-state index contributed by atoms with van der Waals surface area (Å²) in [4.78, 5) is 8.01. The number of rotatable bonds is 2. The predicted octanol–water partition coefficient (Wildman–Crippen LogP) is 6.05. The first-order chi connectivity index (χ1) is 12.4. The van der Waals surface area contributed by atoms with Gasteiger partial charge in [-0.3, -0.25) is 0 Å². The molecule has 1 aromatic heterocycles. The van der Waals surface area contributed by atoms with Crippen LogP contribution >= 0.6 is 0 Å². The van der Waals surface area contributed by atoms with E-state index in [1.165, 1.54) is 21.5 Å². The zero-order valence-corrected chi connectivity index (χ0v) is 13.6. The van der Waals surface area contributed by atoms with Gasteiger partial charge in [-0.2, -0.15) is 0 Å². The van der Waals surface area contributed by atoms with Crippen molar-refractivity contribution < 1.29 is 0 Å². The molecule has 0 spiro atoms. The highest BCUT2D eigenvalue weighted by Crippen LogP contribution is 2.29. The lowest BCUT2D eigenvalue weighted by atomic mass is 10.00. The van der Waals surface area contributed by atoms with Crippen molar-refractivity contribution in [2.24, 2.45) is 0 Å². The molecular formula is C23H16N2. The van der Waals surface area contributed by atoms with Gasteiger partial charge < -0.3 is 4.98 Å². The van der Waals surface area contributed by atoms with Gasteiger partial charge in [-0.1, -0.05) is 78.9 Å². The van der Waals surface area contributed by atoms with Crippen LogP contribution in [0.5, 0.6) is 0 Å². The van der Waals surface area contributed by atoms with E-state index >= 15 is 0 Å². The number of hydrogen-bond acceptors (Lipinski definition) is 1. The molecule has 0 saturated heterocycles. The Labute approximate surface area is 145 Å². The van der Waals surface area contributed by atoms with Crippen molar-refractivity contribution in [1.29, 1.82) is 0 Å². The number of H-pyrrole nitrogens is 1. The second-order valence-electron chi connectivity index (χ2n) is 6.23. The SMILES string of the molecule is c1ccc(-c2cnc(-c3ccc4c(ccc5ccccc54)c3)[nH]2)cc1. The van der Waals surface area contributed by atoms with Crippen LogP contribution in [0.1, 0.15) is 0 Å². The minimum absolute atomic E-state index is 0.897. The zero-order valence-electron chi connectivity index (χ0n) is 13.6. The van der Waals surface area contributed by atoms with E-state index in [9.17, 15) is 0 Å². The maximum Gasteiger partial charge on any atom is 0.137 e. The average molecular weight is 320 g/mol. The molecule has 0 unspecified atom stereocenters. The highest BCUT2D eigenvalue weighted by atomic mass is 14.9. The van der Waals surface area contributed by atoms with Crippen molar-refractivity contribution in [2.75, 3.05) is 0 Å². The summed E-state index contributed by atoms with van der Waals surface area (Å²) < 4.78 is 0. The van der Waals surface area contributed by atoms with Crippen LogP contribution in [-0.4, -0.2) is 9.97 Å². The van der Waals surface area contributed by atoms with E-state index in [1.807, 2.05) is 24.4 Å². The Kier molecular flexibility index (Phi) is 3.14. The van der Waals surface area contributed by atoms with Crippen LogP contribution in [0.4, 0.5) is 0 Å². The highest BCUT2D eigenvalue weighted by molar-refractivity contribution is 6.08. The molecule has 0 fully saturated rings. The summed E-state index contributed by atoms with van der Waals surface area (Å²) in [5.74, 6) is 0.897. The minimum atomic E-state index is 0.897. The van der Waals surface area contributed by atoms with Crippen molar-refractivity contribution in [1.82, 2.24) is 9.97 Å². The summed E-state index contributed by atoms with van der Waals surface area (Å²) in [6.07, 6.45) is 1.90. The molecule has 118 valence electrons. The summed E-state index contributed by atoms with van der Waals surface area (Å²) in [7, 11) is 0. The molecule has 0 aliphatic carbocycles. The molecule has 2 heteroatoms. The molecule has 0 amide bonds. The summed E-state index contributed by atoms with van der Waals surface area (Å²) in [5.41, 5.74) is 3.28. The lowest BCUT2D eigenvalue weighted by Gasteiger charge is -2.05. The first kappa shape index (κ1) is 14.0. The fourth-order valence-corrected chi connectivity index (χ4v) is 3.39. The van der Waals surface area contributed by atoms with Gasteiger partial charge in [-0.25, -0.2) is 4.98 Å². The van der Waals surface area contributed by atoms with Crippen LogP contribution in [0.3, 0.4) is 0 Å². The summed E-state index contributed by atoms with van der Waals surface area (Å²) in [6.45, 7) is 0. The van der Waals surface area contributed by atoms with Gasteiger partial charge >= 0.3 is 0 Å². The molecule has 0 radical (unpaired) electrons. The van der Waals surface area contributed by atoms with Gasteiger partial charge in [0, 0.05) is 5.56 Å². The molecule has 0 saturated carbocycles. The van der Waals surface area contributed by atoms with E-state index in [0.29, 0.717) is 0 Å². The van der Waals surface area contributed by atoms with Crippen LogP contribution in [0, 0.1) is 0 Å². The minimum Gasteiger partial charge on any atom is -0.338 e. The third kappa shape index (κ3) is 2.39. The van der Waals surface area contributed by atoms with Gasteiger partial charge in [0.15, 0.2) is 0 Å². The molecule has 2 nitrogen and oxygen atoms in total. The topological polar surface area (TPSA) is 28.7 Å². The number of imidazole rings is 1. The number of nitrogens with zero attached hydrogens (tertiary/aromatic N) is 1. The van der Waals surface area contributed by atoms with Gasteiger partial charge in [-0.15, -0.1) is 0 Å². The molecule has 1 N–H and O–H groups in total. The van der Waals surface area contributed by atoms with E-state index in [2.05, 4.69) is 76.7 Å². The Morgan fingerprint density at radius 3 is 2.28 bits per heavy atom. The van der Waals surface area contributed by atoms with E-state index in [0.717, 1.165) is 22.6 Å². The second kappa shape index (κ2) is 5.60. The molecule has 25 heavy (non-hydrogen) atoms. The van der Waals surface area contributed by atoms with Gasteiger partial charge in [0.05, 0.1) is 11.9 Å². The largest absolute Gasteiger partial charge is 0.338 e. The lowest BCUT2D eigenvalue weighted by Crippen LogP contribution is -1.83. The maximum atomic E-state index is 4.58. The summed E-state index contributed by atoms with van der Waals surface area (Å²) in [5, 5.41) is 5.06. The van der Waals surface area contributed by atoms with Gasteiger partial charge in [0.25, 0.3) is 0 Å². The Balaban J connectivity index is 1.62. The Morgan fingerprint density at radius 1 is 0.600 bits per heavy atom.